The molecule has 0 saturated carbocycles. The molecule has 1 aliphatic heterocycles. The first-order chi connectivity index (χ1) is 12.2. The van der Waals surface area contributed by atoms with Crippen molar-refractivity contribution in [3.63, 3.8) is 0 Å². The van der Waals surface area contributed by atoms with E-state index in [0.717, 1.165) is 23.4 Å². The highest BCUT2D eigenvalue weighted by Crippen LogP contribution is 2.34. The van der Waals surface area contributed by atoms with Gasteiger partial charge in [-0.3, -0.25) is 4.79 Å². The molecular weight excluding hydrogens is 316 g/mol. The maximum absolute atomic E-state index is 12.5. The van der Waals surface area contributed by atoms with Crippen molar-refractivity contribution >= 4 is 11.6 Å². The summed E-state index contributed by atoms with van der Waals surface area (Å²) in [6, 6.07) is 15.4. The molecule has 3 rings (SSSR count). The van der Waals surface area contributed by atoms with Crippen LogP contribution in [-0.2, 0) is 10.4 Å². The Morgan fingerprint density at radius 2 is 1.72 bits per heavy atom. The van der Waals surface area contributed by atoms with Crippen LogP contribution < -0.4 is 15.4 Å². The third-order valence-electron chi connectivity index (χ3n) is 4.42. The molecule has 2 N–H and O–H groups in total. The summed E-state index contributed by atoms with van der Waals surface area (Å²) in [5.41, 5.74) is 1.90. The molecule has 1 unspecified atom stereocenters. The maximum Gasteiger partial charge on any atom is 0.255 e. The number of ether oxygens (including phenoxy) is 2. The van der Waals surface area contributed by atoms with Crippen LogP contribution in [0.4, 0.5) is 5.69 Å². The van der Waals surface area contributed by atoms with Crippen LogP contribution in [0.5, 0.6) is 5.75 Å². The van der Waals surface area contributed by atoms with Crippen molar-refractivity contribution < 1.29 is 14.3 Å². The van der Waals surface area contributed by atoms with Crippen molar-refractivity contribution in [3.05, 3.63) is 59.7 Å². The van der Waals surface area contributed by atoms with Crippen molar-refractivity contribution in [3.8, 4) is 5.75 Å². The highest BCUT2D eigenvalue weighted by Gasteiger charge is 2.37. The zero-order valence-corrected chi connectivity index (χ0v) is 14.7. The molecule has 2 aromatic carbocycles. The third-order valence-corrected chi connectivity index (χ3v) is 4.42. The number of carbonyl (C=O) groups excluding carboxylic acids is 1. The van der Waals surface area contributed by atoms with Gasteiger partial charge in [0.05, 0.1) is 12.2 Å². The molecule has 1 amide bonds. The number of hydrogen-bond donors (Lipinski definition) is 2. The van der Waals surface area contributed by atoms with Gasteiger partial charge in [0.2, 0.25) is 0 Å². The second kappa shape index (κ2) is 7.57. The summed E-state index contributed by atoms with van der Waals surface area (Å²) >= 11 is 0. The SMILES string of the molecule is CCOCCOc1ccc(C2(CC)NC(=O)c3ccccc3N2)cc1. The van der Waals surface area contributed by atoms with Crippen molar-refractivity contribution in [1.29, 1.82) is 0 Å². The number of nitrogens with one attached hydrogen (secondary N) is 2. The summed E-state index contributed by atoms with van der Waals surface area (Å²) in [7, 11) is 0. The number of benzene rings is 2. The molecule has 5 heteroatoms. The number of fused-ring (bicyclic) bond motifs is 1. The minimum atomic E-state index is -0.616. The van der Waals surface area contributed by atoms with E-state index in [9.17, 15) is 4.79 Å². The highest BCUT2D eigenvalue weighted by molar-refractivity contribution is 6.02. The van der Waals surface area contributed by atoms with E-state index in [4.69, 9.17) is 9.47 Å². The number of hydrogen-bond acceptors (Lipinski definition) is 4. The Kier molecular flexibility index (Phi) is 5.24. The van der Waals surface area contributed by atoms with Gasteiger partial charge in [0, 0.05) is 12.3 Å². The minimum Gasteiger partial charge on any atom is -0.491 e. The topological polar surface area (TPSA) is 59.6 Å². The number of carbonyl (C=O) groups is 1. The fraction of sp³-hybridized carbons (Fsp3) is 0.350. The summed E-state index contributed by atoms with van der Waals surface area (Å²) in [6.45, 7) is 5.80. The molecule has 1 aliphatic rings. The summed E-state index contributed by atoms with van der Waals surface area (Å²) in [5.74, 6) is 0.727. The Bertz CT molecular complexity index is 730. The Balaban J connectivity index is 1.78. The van der Waals surface area contributed by atoms with Gasteiger partial charge in [0.1, 0.15) is 18.0 Å². The Hall–Kier alpha value is -2.53. The van der Waals surface area contributed by atoms with Crippen LogP contribution in [0.2, 0.25) is 0 Å². The molecule has 25 heavy (non-hydrogen) atoms. The second-order valence-electron chi connectivity index (χ2n) is 5.95. The van der Waals surface area contributed by atoms with E-state index in [1.54, 1.807) is 0 Å². The summed E-state index contributed by atoms with van der Waals surface area (Å²) in [4.78, 5) is 12.5. The van der Waals surface area contributed by atoms with Gasteiger partial charge in [-0.15, -0.1) is 0 Å². The second-order valence-corrected chi connectivity index (χ2v) is 5.95. The quantitative estimate of drug-likeness (QED) is 0.757. The number of rotatable bonds is 7. The van der Waals surface area contributed by atoms with Crippen LogP contribution in [0.25, 0.3) is 0 Å². The normalized spacial score (nSPS) is 18.9. The largest absolute Gasteiger partial charge is 0.491 e. The Morgan fingerprint density at radius 1 is 0.960 bits per heavy atom. The fourth-order valence-corrected chi connectivity index (χ4v) is 3.04. The van der Waals surface area contributed by atoms with Crippen LogP contribution in [0.3, 0.4) is 0 Å². The zero-order valence-electron chi connectivity index (χ0n) is 14.7. The number of amides is 1. The molecule has 0 spiro atoms. The molecule has 5 nitrogen and oxygen atoms in total. The van der Waals surface area contributed by atoms with E-state index in [1.165, 1.54) is 0 Å². The molecule has 2 aromatic rings. The van der Waals surface area contributed by atoms with E-state index in [1.807, 2.05) is 62.4 Å². The van der Waals surface area contributed by atoms with Crippen molar-refractivity contribution in [1.82, 2.24) is 5.32 Å². The standard InChI is InChI=1S/C20H24N2O3/c1-3-20(21-18-8-6-5-7-17(18)19(23)22-20)15-9-11-16(12-10-15)25-14-13-24-4-2/h5-12,21H,3-4,13-14H2,1-2H3,(H,22,23). The van der Waals surface area contributed by atoms with Gasteiger partial charge in [-0.2, -0.15) is 0 Å². The third kappa shape index (κ3) is 3.61. The molecule has 0 aromatic heterocycles. The highest BCUT2D eigenvalue weighted by atomic mass is 16.5. The van der Waals surface area contributed by atoms with Gasteiger partial charge in [0.25, 0.3) is 5.91 Å². The molecule has 0 bridgehead atoms. The Morgan fingerprint density at radius 3 is 2.44 bits per heavy atom. The number of para-hydroxylation sites is 1. The predicted octanol–water partition coefficient (Wildman–Crippen LogP) is 3.52. The van der Waals surface area contributed by atoms with Crippen LogP contribution in [0.15, 0.2) is 48.5 Å². The Labute approximate surface area is 148 Å². The number of anilines is 1. The first-order valence-electron chi connectivity index (χ1n) is 8.69. The predicted molar refractivity (Wildman–Crippen MR) is 97.9 cm³/mol. The van der Waals surface area contributed by atoms with Gasteiger partial charge in [0.15, 0.2) is 0 Å². The van der Waals surface area contributed by atoms with E-state index in [0.29, 0.717) is 25.4 Å². The molecular formula is C20H24N2O3. The van der Waals surface area contributed by atoms with Crippen molar-refractivity contribution in [2.75, 3.05) is 25.1 Å². The van der Waals surface area contributed by atoms with Gasteiger partial charge < -0.3 is 20.1 Å². The lowest BCUT2D eigenvalue weighted by Gasteiger charge is -2.40. The van der Waals surface area contributed by atoms with E-state index in [-0.39, 0.29) is 5.91 Å². The van der Waals surface area contributed by atoms with E-state index >= 15 is 0 Å². The van der Waals surface area contributed by atoms with Crippen LogP contribution in [0.1, 0.15) is 36.2 Å². The molecule has 0 radical (unpaired) electrons. The molecule has 1 heterocycles. The molecule has 132 valence electrons. The van der Waals surface area contributed by atoms with E-state index < -0.39 is 5.66 Å². The average Bonchev–Trinajstić information content (AvgIpc) is 2.65. The van der Waals surface area contributed by atoms with Gasteiger partial charge >= 0.3 is 0 Å². The van der Waals surface area contributed by atoms with Crippen molar-refractivity contribution in [2.45, 2.75) is 25.9 Å². The lowest BCUT2D eigenvalue weighted by Crippen LogP contribution is -2.54. The molecule has 1 atom stereocenters. The summed E-state index contributed by atoms with van der Waals surface area (Å²) < 4.78 is 10.9. The van der Waals surface area contributed by atoms with Crippen LogP contribution >= 0.6 is 0 Å². The first kappa shape index (κ1) is 17.3. The minimum absolute atomic E-state index is 0.0618. The molecule has 0 saturated heterocycles. The van der Waals surface area contributed by atoms with Gasteiger partial charge in [-0.25, -0.2) is 0 Å². The average molecular weight is 340 g/mol. The lowest BCUT2D eigenvalue weighted by molar-refractivity contribution is 0.0896. The van der Waals surface area contributed by atoms with Crippen LogP contribution in [-0.4, -0.2) is 25.7 Å². The zero-order chi connectivity index (χ0) is 17.7. The fourth-order valence-electron chi connectivity index (χ4n) is 3.04. The maximum atomic E-state index is 12.5. The molecule has 0 fully saturated rings. The summed E-state index contributed by atoms with van der Waals surface area (Å²) in [6.07, 6.45) is 0.720. The lowest BCUT2D eigenvalue weighted by atomic mass is 9.92. The smallest absolute Gasteiger partial charge is 0.255 e. The van der Waals surface area contributed by atoms with E-state index in [2.05, 4.69) is 10.6 Å². The van der Waals surface area contributed by atoms with Gasteiger partial charge in [-0.05, 0) is 43.2 Å². The monoisotopic (exact) mass is 340 g/mol. The van der Waals surface area contributed by atoms with Crippen LogP contribution in [0, 0.1) is 0 Å². The molecule has 0 aliphatic carbocycles. The van der Waals surface area contributed by atoms with Crippen molar-refractivity contribution in [2.24, 2.45) is 0 Å². The van der Waals surface area contributed by atoms with Gasteiger partial charge in [-0.1, -0.05) is 31.2 Å². The summed E-state index contributed by atoms with van der Waals surface area (Å²) in [5, 5.41) is 6.61. The first-order valence-corrected chi connectivity index (χ1v) is 8.69.